The molecule has 0 saturated carbocycles. The van der Waals surface area contributed by atoms with Gasteiger partial charge in [-0.25, -0.2) is 39.0 Å². The molecule has 0 aliphatic rings. The van der Waals surface area contributed by atoms with Crippen LogP contribution in [0.2, 0.25) is 0 Å². The van der Waals surface area contributed by atoms with Gasteiger partial charge in [0.25, 0.3) is 11.8 Å². The zero-order valence-corrected chi connectivity index (χ0v) is 44.2. The maximum Gasteiger partial charge on any atom is 0.433 e. The summed E-state index contributed by atoms with van der Waals surface area (Å²) < 4.78 is 137. The van der Waals surface area contributed by atoms with Crippen molar-refractivity contribution >= 4 is 35.1 Å². The van der Waals surface area contributed by atoms with Crippen LogP contribution in [0.25, 0.3) is 50.8 Å². The zero-order valence-electron chi connectivity index (χ0n) is 44.2. The Bertz CT molecular complexity index is 4110. The minimum absolute atomic E-state index is 0.0194. The molecule has 11 aromatic rings. The second kappa shape index (κ2) is 25.0. The number of nitrogen functional groups attached to an aromatic ring is 1. The van der Waals surface area contributed by atoms with Crippen LogP contribution in [0.15, 0.2) is 183 Å². The van der Waals surface area contributed by atoms with Crippen LogP contribution >= 0.6 is 0 Å². The van der Waals surface area contributed by atoms with E-state index in [0.29, 0.717) is 28.1 Å². The van der Waals surface area contributed by atoms with Gasteiger partial charge in [0.1, 0.15) is 40.4 Å². The van der Waals surface area contributed by atoms with Gasteiger partial charge in [-0.05, 0) is 109 Å². The fourth-order valence-corrected chi connectivity index (χ4v) is 7.72. The van der Waals surface area contributed by atoms with E-state index in [1.165, 1.54) is 98.2 Å². The lowest BCUT2D eigenvalue weighted by molar-refractivity contribution is -0.143. The third kappa shape index (κ3) is 14.5. The molecule has 11 heterocycles. The number of nitrogens with zero attached hydrogens (tertiary/aromatic N) is 15. The van der Waals surface area contributed by atoms with Gasteiger partial charge in [0.05, 0.1) is 52.7 Å². The summed E-state index contributed by atoms with van der Waals surface area (Å²) in [6, 6.07) is 26.3. The predicted molar refractivity (Wildman–Crippen MR) is 292 cm³/mol. The molecule has 0 aliphatic heterocycles. The number of nitrogens with one attached hydrogen (secondary N) is 2. The first-order valence-corrected chi connectivity index (χ1v) is 24.7. The number of hydrogen-bond acceptors (Lipinski definition) is 15. The number of pyridine rings is 8. The van der Waals surface area contributed by atoms with Gasteiger partial charge < -0.3 is 21.3 Å². The molecular weight excluding hydrogens is 1150 g/mol. The van der Waals surface area contributed by atoms with Crippen molar-refractivity contribution in [3.05, 3.63) is 218 Å². The van der Waals surface area contributed by atoms with Gasteiger partial charge in [-0.3, -0.25) is 24.5 Å². The average Bonchev–Trinajstić information content (AvgIpc) is 2.27. The first-order valence-electron chi connectivity index (χ1n) is 24.7. The highest BCUT2D eigenvalue weighted by atomic mass is 19.4. The molecule has 11 rings (SSSR count). The maximum absolute atomic E-state index is 13.6. The number of anilines is 4. The second-order valence-corrected chi connectivity index (χ2v) is 18.0. The number of halogens is 10. The van der Waals surface area contributed by atoms with Crippen molar-refractivity contribution in [1.82, 2.24) is 69.2 Å². The molecule has 0 aromatic carbocycles. The predicted octanol–water partition coefficient (Wildman–Crippen LogP) is 11.1. The zero-order chi connectivity index (χ0) is 61.3. The van der Waals surface area contributed by atoms with Gasteiger partial charge in [-0.15, -0.1) is 0 Å². The lowest BCUT2D eigenvalue weighted by atomic mass is 10.2. The van der Waals surface area contributed by atoms with Crippen LogP contribution in [0.4, 0.5) is 67.2 Å². The summed E-state index contributed by atoms with van der Waals surface area (Å²) in [5.74, 6) is -0.811. The van der Waals surface area contributed by atoms with Crippen molar-refractivity contribution in [2.75, 3.05) is 35.4 Å². The highest BCUT2D eigenvalue weighted by Gasteiger charge is 2.39. The van der Waals surface area contributed by atoms with E-state index in [-0.39, 0.29) is 57.2 Å². The maximum atomic E-state index is 13.6. The van der Waals surface area contributed by atoms with E-state index in [4.69, 9.17) is 5.73 Å². The molecule has 0 fully saturated rings. The first kappa shape index (κ1) is 59.3. The van der Waals surface area contributed by atoms with Crippen molar-refractivity contribution in [3.8, 4) is 50.8 Å². The average molecular weight is 1190 g/mol. The van der Waals surface area contributed by atoms with Gasteiger partial charge in [-0.1, -0.05) is 0 Å². The Morgan fingerprint density at radius 3 is 1.16 bits per heavy atom. The molecule has 0 bridgehead atoms. The molecule has 30 heteroatoms. The summed E-state index contributed by atoms with van der Waals surface area (Å²) in [6.45, 7) is 0. The van der Waals surface area contributed by atoms with Gasteiger partial charge in [-0.2, -0.15) is 59.2 Å². The number of rotatable bonds is 11. The van der Waals surface area contributed by atoms with E-state index in [1.54, 1.807) is 67.5 Å². The lowest BCUT2D eigenvalue weighted by Gasteiger charge is -2.12. The van der Waals surface area contributed by atoms with Crippen LogP contribution in [0, 0.1) is 5.95 Å². The lowest BCUT2D eigenvalue weighted by Crippen LogP contribution is -2.16. The molecular formula is C56H40F10N18O2. The van der Waals surface area contributed by atoms with Gasteiger partial charge in [0, 0.05) is 97.6 Å². The molecule has 2 amide bonds. The van der Waals surface area contributed by atoms with Crippen LogP contribution in [-0.2, 0) is 18.5 Å². The quantitative estimate of drug-likeness (QED) is 0.0805. The molecule has 11 aromatic heterocycles. The van der Waals surface area contributed by atoms with Crippen LogP contribution in [0.1, 0.15) is 37.8 Å². The molecule has 0 atom stereocenters. The first-order chi connectivity index (χ1) is 41.0. The molecule has 86 heavy (non-hydrogen) atoms. The number of aromatic nitrogens is 14. The van der Waals surface area contributed by atoms with E-state index in [2.05, 4.69) is 65.8 Å². The third-order valence-corrected chi connectivity index (χ3v) is 11.8. The number of alkyl halides is 9. The Labute approximate surface area is 478 Å². The van der Waals surface area contributed by atoms with Crippen LogP contribution in [0.5, 0.6) is 0 Å². The Kier molecular flexibility index (Phi) is 17.3. The Morgan fingerprint density at radius 2 is 0.837 bits per heavy atom. The van der Waals surface area contributed by atoms with Crippen molar-refractivity contribution in [2.45, 2.75) is 18.5 Å². The van der Waals surface area contributed by atoms with Gasteiger partial charge in [0.2, 0.25) is 5.95 Å². The third-order valence-electron chi connectivity index (χ3n) is 11.8. The van der Waals surface area contributed by atoms with Gasteiger partial charge >= 0.3 is 18.5 Å². The normalized spacial score (nSPS) is 11.4. The fraction of sp³-hybridized carbons (Fsp3) is 0.0893. The number of amides is 2. The molecule has 0 aliphatic carbocycles. The summed E-state index contributed by atoms with van der Waals surface area (Å²) in [6.07, 6.45) is 1.25. The second-order valence-electron chi connectivity index (χ2n) is 18.0. The highest BCUT2D eigenvalue weighted by Crippen LogP contribution is 2.37. The number of nitrogens with two attached hydrogens (primary N) is 1. The molecule has 0 radical (unpaired) electrons. The summed E-state index contributed by atoms with van der Waals surface area (Å²) >= 11 is 0. The summed E-state index contributed by atoms with van der Waals surface area (Å²) in [5.41, 5.74) is 5.09. The minimum Gasteiger partial charge on any atom is -0.384 e. The van der Waals surface area contributed by atoms with Crippen LogP contribution in [0.3, 0.4) is 0 Å². The number of carbonyl (C=O) groups excluding carboxylic acids is 2. The number of hydrogen-bond donors (Lipinski definition) is 3. The van der Waals surface area contributed by atoms with Gasteiger partial charge in [0.15, 0.2) is 0 Å². The molecule has 4 N–H and O–H groups in total. The van der Waals surface area contributed by atoms with E-state index < -0.39 is 53.4 Å². The fourth-order valence-electron chi connectivity index (χ4n) is 7.72. The van der Waals surface area contributed by atoms with Crippen LogP contribution < -0.4 is 21.3 Å². The van der Waals surface area contributed by atoms with E-state index >= 15 is 0 Å². The number of carbonyl (C=O) groups is 2. The Balaban J connectivity index is 0.000000157. The van der Waals surface area contributed by atoms with Crippen LogP contribution in [-0.4, -0.2) is 95.1 Å². The standard InChI is InChI=1S/C22H18F3N7O.C20H12F4N6O.C14H10F3N5/c1-31(2)20-10-14(7-9-27-20)21(33)29-19-6-5-16(13-28-19)32-18(22(23,24)25)11-17(30-32)15-4-3-8-26-12-15;21-17-8-12(5-7-26-17)19(31)28-18-4-3-14(11-27-18)30-16(20(22,23)24)9-15(29-30)13-2-1-6-25-10-13;15-14(16,17)12-6-11(9-2-1-5-19-7-9)21-22(12)10-3-4-13(18)20-8-10/h3-13H,1-2H3,(H,28,29,33);1-11H,(H,27,28,31);1-8H,(H2,18,20). The van der Waals surface area contributed by atoms with E-state index in [0.717, 1.165) is 50.7 Å². The van der Waals surface area contributed by atoms with Crippen molar-refractivity contribution in [3.63, 3.8) is 0 Å². The Morgan fingerprint density at radius 1 is 0.453 bits per heavy atom. The summed E-state index contributed by atoms with van der Waals surface area (Å²) in [7, 11) is 3.60. The monoisotopic (exact) mass is 1190 g/mol. The Hall–Kier alpha value is -11.3. The summed E-state index contributed by atoms with van der Waals surface area (Å²) in [4.78, 5) is 57.5. The molecule has 0 spiro atoms. The summed E-state index contributed by atoms with van der Waals surface area (Å²) in [5, 5.41) is 17.2. The van der Waals surface area contributed by atoms with Crippen molar-refractivity contribution in [1.29, 1.82) is 0 Å². The van der Waals surface area contributed by atoms with Crippen molar-refractivity contribution in [2.24, 2.45) is 0 Å². The topological polar surface area (TPSA) is 244 Å². The largest absolute Gasteiger partial charge is 0.433 e. The minimum atomic E-state index is -4.66. The molecule has 20 nitrogen and oxygen atoms in total. The molecule has 436 valence electrons. The molecule has 0 saturated heterocycles. The van der Waals surface area contributed by atoms with Crippen molar-refractivity contribution < 1.29 is 53.5 Å². The highest BCUT2D eigenvalue weighted by molar-refractivity contribution is 6.04. The SMILES string of the molecule is CN(C)c1cc(C(=O)Nc2ccc(-n3nc(-c4cccnc4)cc3C(F)(F)F)cn2)ccn1.Nc1ccc(-n2nc(-c3cccnc3)cc2C(F)(F)F)cn1.O=C(Nc1ccc(-n2nc(-c3cccnc3)cc2C(F)(F)F)cn1)c1ccnc(F)c1. The smallest absolute Gasteiger partial charge is 0.384 e. The molecule has 0 unspecified atom stereocenters. The van der Waals surface area contributed by atoms with E-state index in [9.17, 15) is 53.5 Å². The van der Waals surface area contributed by atoms with E-state index in [1.807, 2.05) is 0 Å².